The average molecular weight is 434 g/mol. The van der Waals surface area contributed by atoms with E-state index in [4.69, 9.17) is 9.52 Å². The first-order valence-electron chi connectivity index (χ1n) is 9.54. The predicted molar refractivity (Wildman–Crippen MR) is 115 cm³/mol. The summed E-state index contributed by atoms with van der Waals surface area (Å²) in [7, 11) is 0. The molecule has 1 amide bonds. The number of nitrogens with one attached hydrogen (secondary N) is 1. The molecule has 160 valence electrons. The van der Waals surface area contributed by atoms with Gasteiger partial charge in [-0.2, -0.15) is 0 Å². The maximum absolute atomic E-state index is 13.6. The molecule has 6 nitrogen and oxygen atoms in total. The van der Waals surface area contributed by atoms with E-state index < -0.39 is 23.5 Å². The van der Waals surface area contributed by atoms with Crippen molar-refractivity contribution in [2.24, 2.45) is 0 Å². The molecule has 0 aliphatic rings. The van der Waals surface area contributed by atoms with Gasteiger partial charge in [0.2, 0.25) is 11.8 Å². The van der Waals surface area contributed by atoms with Gasteiger partial charge in [0.25, 0.3) is 0 Å². The first-order valence-corrected chi connectivity index (χ1v) is 9.54. The van der Waals surface area contributed by atoms with Crippen molar-refractivity contribution in [3.63, 3.8) is 0 Å². The van der Waals surface area contributed by atoms with E-state index in [1.165, 1.54) is 24.3 Å². The maximum Gasteiger partial charge on any atom is 0.307 e. The lowest BCUT2D eigenvalue weighted by atomic mass is 10.1. The van der Waals surface area contributed by atoms with Gasteiger partial charge in [0, 0.05) is 11.6 Å². The zero-order valence-corrected chi connectivity index (χ0v) is 16.5. The third kappa shape index (κ3) is 4.70. The second-order valence-corrected chi connectivity index (χ2v) is 6.94. The van der Waals surface area contributed by atoms with Gasteiger partial charge in [-0.3, -0.25) is 9.59 Å². The van der Waals surface area contributed by atoms with Crippen molar-refractivity contribution in [2.45, 2.75) is 6.42 Å². The van der Waals surface area contributed by atoms with Gasteiger partial charge in [-0.05, 0) is 53.6 Å². The zero-order valence-electron chi connectivity index (χ0n) is 16.5. The third-order valence-corrected chi connectivity index (χ3v) is 4.60. The minimum atomic E-state index is -1.12. The molecule has 0 bridgehead atoms. The number of carboxylic acid groups (broad SMARTS) is 1. The number of rotatable bonds is 6. The minimum absolute atomic E-state index is 0.0986. The smallest absolute Gasteiger partial charge is 0.307 e. The van der Waals surface area contributed by atoms with Gasteiger partial charge in [0.05, 0.1) is 12.1 Å². The highest BCUT2D eigenvalue weighted by Gasteiger charge is 2.11. The lowest BCUT2D eigenvalue weighted by Crippen LogP contribution is -2.09. The van der Waals surface area contributed by atoms with E-state index in [1.807, 2.05) is 0 Å². The van der Waals surface area contributed by atoms with Crippen molar-refractivity contribution in [3.05, 3.63) is 89.5 Å². The third-order valence-electron chi connectivity index (χ3n) is 4.60. The summed E-state index contributed by atoms with van der Waals surface area (Å²) in [6.45, 7) is 0. The van der Waals surface area contributed by atoms with Crippen LogP contribution in [0.15, 0.2) is 71.2 Å². The number of anilines is 1. The van der Waals surface area contributed by atoms with Crippen molar-refractivity contribution < 1.29 is 27.9 Å². The Bertz CT molecular complexity index is 1340. The number of fused-ring (bicyclic) bond motifs is 1. The van der Waals surface area contributed by atoms with E-state index in [2.05, 4.69) is 10.3 Å². The molecule has 4 aromatic rings. The number of hydrogen-bond acceptors (Lipinski definition) is 4. The van der Waals surface area contributed by atoms with Crippen LogP contribution in [0.1, 0.15) is 11.1 Å². The highest BCUT2D eigenvalue weighted by atomic mass is 19.2. The molecule has 0 saturated heterocycles. The molecule has 1 aromatic heterocycles. The standard InChI is InChI=1S/C24H16F2N2O4/c25-17-2-1-3-18(23(17)26)27-21(29)11-7-14-4-8-16(9-5-14)24-28-19-12-15(13-22(30)31)6-10-20(19)32-24/h1-12H,13H2,(H,27,29)(H,30,31)/b11-7+. The molecular formula is C24H16F2N2O4. The van der Waals surface area contributed by atoms with Crippen LogP contribution in [-0.2, 0) is 16.0 Å². The first-order chi connectivity index (χ1) is 15.4. The number of benzene rings is 3. The van der Waals surface area contributed by atoms with Crippen LogP contribution in [0.5, 0.6) is 0 Å². The molecule has 8 heteroatoms. The lowest BCUT2D eigenvalue weighted by Gasteiger charge is -2.04. The van der Waals surface area contributed by atoms with Gasteiger partial charge in [0.15, 0.2) is 17.2 Å². The molecule has 0 atom stereocenters. The molecule has 0 radical (unpaired) electrons. The van der Waals surface area contributed by atoms with Crippen LogP contribution in [0.3, 0.4) is 0 Å². The second kappa shape index (κ2) is 8.81. The van der Waals surface area contributed by atoms with Crippen molar-refractivity contribution >= 4 is 34.7 Å². The Balaban J connectivity index is 1.46. The molecule has 0 saturated carbocycles. The lowest BCUT2D eigenvalue weighted by molar-refractivity contribution is -0.136. The Hall–Kier alpha value is -4.33. The summed E-state index contributed by atoms with van der Waals surface area (Å²) in [5.41, 5.74) is 2.88. The second-order valence-electron chi connectivity index (χ2n) is 6.94. The molecule has 1 heterocycles. The summed E-state index contributed by atoms with van der Waals surface area (Å²) in [5.74, 6) is -3.31. The minimum Gasteiger partial charge on any atom is -0.481 e. The van der Waals surface area contributed by atoms with Gasteiger partial charge in [-0.15, -0.1) is 0 Å². The molecule has 32 heavy (non-hydrogen) atoms. The molecule has 0 unspecified atom stereocenters. The molecular weight excluding hydrogens is 418 g/mol. The normalized spacial score (nSPS) is 11.2. The monoisotopic (exact) mass is 434 g/mol. The molecule has 4 rings (SSSR count). The summed E-state index contributed by atoms with van der Waals surface area (Å²) >= 11 is 0. The number of nitrogens with zero attached hydrogens (tertiary/aromatic N) is 1. The number of aliphatic carboxylic acids is 1. The largest absolute Gasteiger partial charge is 0.481 e. The van der Waals surface area contributed by atoms with Gasteiger partial charge in [0.1, 0.15) is 5.52 Å². The number of carbonyl (C=O) groups is 2. The van der Waals surface area contributed by atoms with Crippen LogP contribution in [-0.4, -0.2) is 22.0 Å². The summed E-state index contributed by atoms with van der Waals surface area (Å²) in [6.07, 6.45) is 2.64. The average Bonchev–Trinajstić information content (AvgIpc) is 3.19. The molecule has 2 N–H and O–H groups in total. The number of carboxylic acids is 1. The van der Waals surface area contributed by atoms with E-state index in [-0.39, 0.29) is 12.1 Å². The van der Waals surface area contributed by atoms with E-state index >= 15 is 0 Å². The molecule has 0 spiro atoms. The SMILES string of the molecule is O=C(O)Cc1ccc2oc(-c3ccc(/C=C/C(=O)Nc4cccc(F)c4F)cc3)nc2c1. The molecule has 0 aliphatic heterocycles. The topological polar surface area (TPSA) is 92.4 Å². The molecule has 3 aromatic carbocycles. The highest BCUT2D eigenvalue weighted by molar-refractivity contribution is 6.02. The van der Waals surface area contributed by atoms with Crippen LogP contribution in [0.4, 0.5) is 14.5 Å². The van der Waals surface area contributed by atoms with Gasteiger partial charge < -0.3 is 14.8 Å². The Morgan fingerprint density at radius 1 is 1.06 bits per heavy atom. The number of aromatic nitrogens is 1. The number of hydrogen-bond donors (Lipinski definition) is 2. The molecule has 0 fully saturated rings. The van der Waals surface area contributed by atoms with Crippen LogP contribution in [0, 0.1) is 11.6 Å². The van der Waals surface area contributed by atoms with E-state index in [9.17, 15) is 18.4 Å². The number of amides is 1. The van der Waals surface area contributed by atoms with Crippen molar-refractivity contribution in [3.8, 4) is 11.5 Å². The van der Waals surface area contributed by atoms with E-state index in [1.54, 1.807) is 42.5 Å². The van der Waals surface area contributed by atoms with Gasteiger partial charge in [-0.25, -0.2) is 13.8 Å². The molecule has 0 aliphatic carbocycles. The number of carbonyl (C=O) groups excluding carboxylic acids is 1. The Morgan fingerprint density at radius 3 is 2.59 bits per heavy atom. The quantitative estimate of drug-likeness (QED) is 0.414. The van der Waals surface area contributed by atoms with E-state index in [0.29, 0.717) is 33.7 Å². The van der Waals surface area contributed by atoms with Gasteiger partial charge in [-0.1, -0.05) is 24.3 Å². The van der Waals surface area contributed by atoms with Crippen LogP contribution in [0.25, 0.3) is 28.6 Å². The number of halogens is 2. The summed E-state index contributed by atoms with van der Waals surface area (Å²) in [4.78, 5) is 27.3. The van der Waals surface area contributed by atoms with Crippen molar-refractivity contribution in [1.82, 2.24) is 4.98 Å². The number of oxazole rings is 1. The van der Waals surface area contributed by atoms with Crippen LogP contribution in [0.2, 0.25) is 0 Å². The fraction of sp³-hybridized carbons (Fsp3) is 0.0417. The Kier molecular flexibility index (Phi) is 5.76. The summed E-state index contributed by atoms with van der Waals surface area (Å²) in [5, 5.41) is 11.2. The first kappa shape index (κ1) is 20.9. The fourth-order valence-corrected chi connectivity index (χ4v) is 3.06. The predicted octanol–water partition coefficient (Wildman–Crippen LogP) is 5.05. The van der Waals surface area contributed by atoms with Crippen LogP contribution >= 0.6 is 0 Å². The Morgan fingerprint density at radius 2 is 1.84 bits per heavy atom. The summed E-state index contributed by atoms with van der Waals surface area (Å²) < 4.78 is 32.6. The van der Waals surface area contributed by atoms with Crippen molar-refractivity contribution in [2.75, 3.05) is 5.32 Å². The highest BCUT2D eigenvalue weighted by Crippen LogP contribution is 2.25. The maximum atomic E-state index is 13.6. The van der Waals surface area contributed by atoms with E-state index in [0.717, 1.165) is 6.07 Å². The fourth-order valence-electron chi connectivity index (χ4n) is 3.06. The Labute approximate surface area is 180 Å². The van der Waals surface area contributed by atoms with Gasteiger partial charge >= 0.3 is 5.97 Å². The summed E-state index contributed by atoms with van der Waals surface area (Å²) in [6, 6.07) is 15.6. The van der Waals surface area contributed by atoms with Crippen LogP contribution < -0.4 is 5.32 Å². The van der Waals surface area contributed by atoms with Crippen molar-refractivity contribution in [1.29, 1.82) is 0 Å². The zero-order chi connectivity index (χ0) is 22.7.